The third-order valence-corrected chi connectivity index (χ3v) is 6.57. The number of hydrogen-bond acceptors (Lipinski definition) is 4. The lowest BCUT2D eigenvalue weighted by molar-refractivity contribution is 0.0710. The molecule has 6 nitrogen and oxygen atoms in total. The Morgan fingerprint density at radius 1 is 1.36 bits per heavy atom. The molecule has 1 amide bonds. The van der Waals surface area contributed by atoms with Gasteiger partial charge >= 0.3 is 0 Å². The Labute approximate surface area is 151 Å². The third kappa shape index (κ3) is 3.30. The van der Waals surface area contributed by atoms with Crippen LogP contribution in [0.1, 0.15) is 35.4 Å². The monoisotopic (exact) mass is 382 g/mol. The van der Waals surface area contributed by atoms with Crippen LogP contribution in [0.15, 0.2) is 24.4 Å². The molecule has 1 aromatic heterocycles. The van der Waals surface area contributed by atoms with Crippen molar-refractivity contribution in [1.82, 2.24) is 9.47 Å². The van der Waals surface area contributed by atoms with Gasteiger partial charge in [-0.05, 0) is 25.5 Å². The molecule has 134 valence electrons. The van der Waals surface area contributed by atoms with Crippen LogP contribution in [0.2, 0.25) is 5.02 Å². The first-order valence-corrected chi connectivity index (χ1v) is 10.3. The van der Waals surface area contributed by atoms with E-state index in [0.717, 1.165) is 0 Å². The quantitative estimate of drug-likeness (QED) is 0.817. The maximum Gasteiger partial charge on any atom is 0.256 e. The molecule has 0 bridgehead atoms. The zero-order valence-electron chi connectivity index (χ0n) is 14.0. The van der Waals surface area contributed by atoms with E-state index in [9.17, 15) is 18.0 Å². The number of sulfone groups is 1. The minimum Gasteiger partial charge on any atom is -0.335 e. The molecule has 0 N–H and O–H groups in total. The number of amides is 1. The van der Waals surface area contributed by atoms with Crippen LogP contribution in [0.25, 0.3) is 10.9 Å². The number of carbonyl (C=O) groups excluding carboxylic acids is 2. The van der Waals surface area contributed by atoms with Crippen molar-refractivity contribution in [3.63, 3.8) is 0 Å². The summed E-state index contributed by atoms with van der Waals surface area (Å²) in [6, 6.07) is 4.70. The van der Waals surface area contributed by atoms with Gasteiger partial charge in [-0.15, -0.1) is 0 Å². The van der Waals surface area contributed by atoms with Gasteiger partial charge in [-0.2, -0.15) is 0 Å². The van der Waals surface area contributed by atoms with E-state index in [0.29, 0.717) is 34.5 Å². The molecule has 1 aliphatic rings. The molecular weight excluding hydrogens is 364 g/mol. The average molecular weight is 383 g/mol. The van der Waals surface area contributed by atoms with E-state index in [1.807, 2.05) is 6.92 Å². The number of benzene rings is 1. The van der Waals surface area contributed by atoms with Crippen LogP contribution >= 0.6 is 11.6 Å². The standard InChI is InChI=1S/C17H19ClN2O4S/c1-3-19(13-6-7-25(23,24)10-13)17(22)15-9-20(11(2)21)16-8-12(18)4-5-14(15)16/h4-5,8-9,13H,3,6-7,10H2,1-2H3. The first-order valence-electron chi connectivity index (χ1n) is 8.06. The third-order valence-electron chi connectivity index (χ3n) is 4.59. The second-order valence-electron chi connectivity index (χ2n) is 6.24. The summed E-state index contributed by atoms with van der Waals surface area (Å²) >= 11 is 6.02. The summed E-state index contributed by atoms with van der Waals surface area (Å²) in [5.41, 5.74) is 0.950. The van der Waals surface area contributed by atoms with E-state index in [1.54, 1.807) is 23.1 Å². The first kappa shape index (κ1) is 17.9. The van der Waals surface area contributed by atoms with Gasteiger partial charge in [0.2, 0.25) is 5.91 Å². The SMILES string of the molecule is CCN(C(=O)c1cn(C(C)=O)c2cc(Cl)ccc12)C1CCS(=O)(=O)C1. The highest BCUT2D eigenvalue weighted by Crippen LogP contribution is 2.28. The molecule has 1 aliphatic heterocycles. The average Bonchev–Trinajstić information content (AvgIpc) is 3.08. The molecular formula is C17H19ClN2O4S. The zero-order valence-corrected chi connectivity index (χ0v) is 15.6. The first-order chi connectivity index (χ1) is 11.7. The normalized spacial score (nSPS) is 19.2. The van der Waals surface area contributed by atoms with Crippen LogP contribution in [0.4, 0.5) is 0 Å². The van der Waals surface area contributed by atoms with Gasteiger partial charge in [0.25, 0.3) is 5.91 Å². The van der Waals surface area contributed by atoms with Gasteiger partial charge in [0, 0.05) is 36.1 Å². The van der Waals surface area contributed by atoms with Crippen molar-refractivity contribution >= 4 is 44.2 Å². The number of hydrogen-bond donors (Lipinski definition) is 0. The number of rotatable bonds is 3. The Hall–Kier alpha value is -1.86. The summed E-state index contributed by atoms with van der Waals surface area (Å²) < 4.78 is 24.9. The highest BCUT2D eigenvalue weighted by atomic mass is 35.5. The second kappa shape index (κ2) is 6.46. The van der Waals surface area contributed by atoms with Crippen molar-refractivity contribution in [3.05, 3.63) is 35.0 Å². The van der Waals surface area contributed by atoms with Crippen LogP contribution in [0.5, 0.6) is 0 Å². The molecule has 0 saturated carbocycles. The fourth-order valence-corrected chi connectivity index (χ4v) is 5.27. The Morgan fingerprint density at radius 2 is 2.08 bits per heavy atom. The summed E-state index contributed by atoms with van der Waals surface area (Å²) in [6.45, 7) is 3.64. The topological polar surface area (TPSA) is 76.5 Å². The Morgan fingerprint density at radius 3 is 2.64 bits per heavy atom. The number of halogens is 1. The van der Waals surface area contributed by atoms with Crippen molar-refractivity contribution in [2.75, 3.05) is 18.1 Å². The molecule has 1 saturated heterocycles. The molecule has 0 aliphatic carbocycles. The van der Waals surface area contributed by atoms with Gasteiger partial charge in [-0.25, -0.2) is 8.42 Å². The minimum atomic E-state index is -3.09. The maximum atomic E-state index is 13.1. The van der Waals surface area contributed by atoms with Crippen molar-refractivity contribution in [2.24, 2.45) is 0 Å². The molecule has 1 unspecified atom stereocenters. The fourth-order valence-electron chi connectivity index (χ4n) is 3.37. The molecule has 0 spiro atoms. The number of nitrogens with zero attached hydrogens (tertiary/aromatic N) is 2. The summed E-state index contributed by atoms with van der Waals surface area (Å²) in [7, 11) is -3.09. The predicted molar refractivity (Wildman–Crippen MR) is 97.0 cm³/mol. The van der Waals surface area contributed by atoms with Crippen LogP contribution in [0, 0.1) is 0 Å². The highest BCUT2D eigenvalue weighted by molar-refractivity contribution is 7.91. The fraction of sp³-hybridized carbons (Fsp3) is 0.412. The molecule has 2 aromatic rings. The summed E-state index contributed by atoms with van der Waals surface area (Å²) in [6.07, 6.45) is 1.96. The maximum absolute atomic E-state index is 13.1. The highest BCUT2D eigenvalue weighted by Gasteiger charge is 2.35. The molecule has 1 aromatic carbocycles. The lowest BCUT2D eigenvalue weighted by Gasteiger charge is -2.26. The summed E-state index contributed by atoms with van der Waals surface area (Å²) in [4.78, 5) is 26.6. The molecule has 3 rings (SSSR count). The van der Waals surface area contributed by atoms with Crippen molar-refractivity contribution in [2.45, 2.75) is 26.3 Å². The predicted octanol–water partition coefficient (Wildman–Crippen LogP) is 2.60. The van der Waals surface area contributed by atoms with Crippen LogP contribution in [-0.4, -0.2) is 53.8 Å². The Kier molecular flexibility index (Phi) is 4.64. The van der Waals surface area contributed by atoms with E-state index >= 15 is 0 Å². The minimum absolute atomic E-state index is 0.0102. The van der Waals surface area contributed by atoms with E-state index in [4.69, 9.17) is 11.6 Å². The number of carbonyl (C=O) groups is 2. The smallest absolute Gasteiger partial charge is 0.256 e. The number of fused-ring (bicyclic) bond motifs is 1. The van der Waals surface area contributed by atoms with E-state index in [1.165, 1.54) is 17.7 Å². The lowest BCUT2D eigenvalue weighted by atomic mass is 10.1. The van der Waals surface area contributed by atoms with Gasteiger partial charge in [-0.3, -0.25) is 14.2 Å². The van der Waals surface area contributed by atoms with E-state index in [2.05, 4.69) is 0 Å². The van der Waals surface area contributed by atoms with Crippen LogP contribution in [0.3, 0.4) is 0 Å². The summed E-state index contributed by atoms with van der Waals surface area (Å²) in [5.74, 6) is -0.398. The largest absolute Gasteiger partial charge is 0.335 e. The van der Waals surface area contributed by atoms with Crippen molar-refractivity contribution in [3.8, 4) is 0 Å². The van der Waals surface area contributed by atoms with Crippen LogP contribution < -0.4 is 0 Å². The Bertz CT molecular complexity index is 964. The second-order valence-corrected chi connectivity index (χ2v) is 8.91. The van der Waals surface area contributed by atoms with Gasteiger partial charge in [-0.1, -0.05) is 17.7 Å². The van der Waals surface area contributed by atoms with Crippen molar-refractivity contribution < 1.29 is 18.0 Å². The molecule has 2 heterocycles. The van der Waals surface area contributed by atoms with Crippen molar-refractivity contribution in [1.29, 1.82) is 0 Å². The lowest BCUT2D eigenvalue weighted by Crippen LogP contribution is -2.40. The van der Waals surface area contributed by atoms with Gasteiger partial charge < -0.3 is 4.90 Å². The van der Waals surface area contributed by atoms with E-state index in [-0.39, 0.29) is 29.4 Å². The Balaban J connectivity index is 2.06. The van der Waals surface area contributed by atoms with Crippen LogP contribution in [-0.2, 0) is 9.84 Å². The zero-order chi connectivity index (χ0) is 18.4. The van der Waals surface area contributed by atoms with Gasteiger partial charge in [0.15, 0.2) is 9.84 Å². The molecule has 1 fully saturated rings. The molecule has 1 atom stereocenters. The summed E-state index contributed by atoms with van der Waals surface area (Å²) in [5, 5.41) is 1.10. The van der Waals surface area contributed by atoms with Gasteiger partial charge in [0.1, 0.15) is 0 Å². The molecule has 0 radical (unpaired) electrons. The van der Waals surface area contributed by atoms with E-state index < -0.39 is 9.84 Å². The molecule has 8 heteroatoms. The van der Waals surface area contributed by atoms with Gasteiger partial charge in [0.05, 0.1) is 22.6 Å². The number of aromatic nitrogens is 1. The molecule has 25 heavy (non-hydrogen) atoms.